The summed E-state index contributed by atoms with van der Waals surface area (Å²) in [5.74, 6) is -0.374. The Labute approximate surface area is 259 Å². The van der Waals surface area contributed by atoms with Gasteiger partial charge in [0.25, 0.3) is 10.0 Å². The Hall–Kier alpha value is -3.07. The fraction of sp³-hybridized carbons (Fsp3) is 0.375. The molecule has 10 heteroatoms. The van der Waals surface area contributed by atoms with Crippen molar-refractivity contribution < 1.29 is 18.0 Å². The second-order valence-corrected chi connectivity index (χ2v) is 13.6. The molecule has 0 spiro atoms. The Morgan fingerprint density at radius 1 is 0.881 bits per heavy atom. The summed E-state index contributed by atoms with van der Waals surface area (Å²) in [7, 11) is -4.13. The van der Waals surface area contributed by atoms with Crippen LogP contribution in [0.25, 0.3) is 0 Å². The average Bonchev–Trinajstić information content (AvgIpc) is 2.96. The van der Waals surface area contributed by atoms with Crippen LogP contribution < -0.4 is 9.62 Å². The normalized spacial score (nSPS) is 12.3. The number of amides is 2. The second kappa shape index (κ2) is 14.9. The molecule has 3 rings (SSSR count). The van der Waals surface area contributed by atoms with Gasteiger partial charge in [-0.05, 0) is 65.8 Å². The summed E-state index contributed by atoms with van der Waals surface area (Å²) in [5, 5.41) is 3.60. The number of carbonyl (C=O) groups excluding carboxylic acids is 2. The highest BCUT2D eigenvalue weighted by molar-refractivity contribution is 7.92. The van der Waals surface area contributed by atoms with Gasteiger partial charge in [0.1, 0.15) is 12.6 Å². The minimum absolute atomic E-state index is 0.0365. The maximum atomic E-state index is 14.2. The van der Waals surface area contributed by atoms with E-state index in [4.69, 9.17) is 23.2 Å². The van der Waals surface area contributed by atoms with Crippen LogP contribution in [0.4, 0.5) is 5.69 Å². The van der Waals surface area contributed by atoms with Gasteiger partial charge < -0.3 is 10.2 Å². The average molecular weight is 633 g/mol. The molecule has 3 aromatic rings. The van der Waals surface area contributed by atoms with E-state index >= 15 is 0 Å². The van der Waals surface area contributed by atoms with Gasteiger partial charge in [-0.1, -0.05) is 94.2 Å². The van der Waals surface area contributed by atoms with Crippen LogP contribution in [0.2, 0.25) is 10.0 Å². The molecule has 0 saturated heterocycles. The molecule has 226 valence electrons. The Morgan fingerprint density at radius 3 is 2.07 bits per heavy atom. The number of benzene rings is 3. The molecule has 0 aliphatic rings. The number of sulfonamides is 1. The fourth-order valence-electron chi connectivity index (χ4n) is 4.45. The maximum absolute atomic E-state index is 14.2. The summed E-state index contributed by atoms with van der Waals surface area (Å²) in [6.45, 7) is 9.86. The number of carbonyl (C=O) groups is 2. The Morgan fingerprint density at radius 2 is 1.52 bits per heavy atom. The molecule has 3 aromatic carbocycles. The molecular weight excluding hydrogens is 593 g/mol. The number of nitrogens with one attached hydrogen (secondary N) is 1. The van der Waals surface area contributed by atoms with Crippen LogP contribution in [0.3, 0.4) is 0 Å². The van der Waals surface area contributed by atoms with Crippen molar-refractivity contribution in [2.24, 2.45) is 5.92 Å². The Balaban J connectivity index is 2.06. The molecule has 2 amide bonds. The van der Waals surface area contributed by atoms with Gasteiger partial charge in [0.15, 0.2) is 0 Å². The lowest BCUT2D eigenvalue weighted by Crippen LogP contribution is -2.52. The van der Waals surface area contributed by atoms with Crippen molar-refractivity contribution in [3.63, 3.8) is 0 Å². The van der Waals surface area contributed by atoms with Crippen LogP contribution in [-0.4, -0.2) is 44.3 Å². The zero-order valence-corrected chi connectivity index (χ0v) is 27.0. The molecular formula is C32H39Cl2N3O4S. The molecule has 0 radical (unpaired) electrons. The first-order chi connectivity index (χ1) is 19.8. The van der Waals surface area contributed by atoms with Gasteiger partial charge in [-0.3, -0.25) is 13.9 Å². The number of hydrogen-bond donors (Lipinski definition) is 1. The second-order valence-electron chi connectivity index (χ2n) is 10.9. The SMILES string of the molecule is CC[C@@H](C(=O)NCC(C)C)N(Cc1ccc(Cl)c(Cl)c1)C(=O)CN(c1ccc(C(C)C)cc1)S(=O)(=O)c1ccccc1. The maximum Gasteiger partial charge on any atom is 0.264 e. The number of anilines is 1. The molecule has 1 atom stereocenters. The quantitative estimate of drug-likeness (QED) is 0.222. The van der Waals surface area contributed by atoms with Crippen LogP contribution in [0.1, 0.15) is 58.1 Å². The van der Waals surface area contributed by atoms with Gasteiger partial charge >= 0.3 is 0 Å². The summed E-state index contributed by atoms with van der Waals surface area (Å²) in [5.41, 5.74) is 2.05. The van der Waals surface area contributed by atoms with Crippen LogP contribution in [0.5, 0.6) is 0 Å². The molecule has 42 heavy (non-hydrogen) atoms. The van der Waals surface area contributed by atoms with E-state index in [1.165, 1.54) is 17.0 Å². The van der Waals surface area contributed by atoms with Crippen molar-refractivity contribution in [2.45, 2.75) is 64.4 Å². The van der Waals surface area contributed by atoms with E-state index in [0.29, 0.717) is 34.3 Å². The molecule has 0 fully saturated rings. The Bertz CT molecular complexity index is 1460. The predicted octanol–water partition coefficient (Wildman–Crippen LogP) is 6.89. The van der Waals surface area contributed by atoms with E-state index in [9.17, 15) is 18.0 Å². The molecule has 0 bridgehead atoms. The van der Waals surface area contributed by atoms with Crippen molar-refractivity contribution in [1.82, 2.24) is 10.2 Å². The number of hydrogen-bond acceptors (Lipinski definition) is 4. The molecule has 0 unspecified atom stereocenters. The third kappa shape index (κ3) is 8.49. The third-order valence-electron chi connectivity index (χ3n) is 6.87. The fourth-order valence-corrected chi connectivity index (χ4v) is 6.21. The van der Waals surface area contributed by atoms with E-state index in [2.05, 4.69) is 5.32 Å². The Kier molecular flexibility index (Phi) is 11.9. The summed E-state index contributed by atoms with van der Waals surface area (Å²) in [6.07, 6.45) is 0.325. The minimum Gasteiger partial charge on any atom is -0.354 e. The van der Waals surface area contributed by atoms with Gasteiger partial charge in [-0.15, -0.1) is 0 Å². The van der Waals surface area contributed by atoms with Crippen LogP contribution in [-0.2, 0) is 26.2 Å². The summed E-state index contributed by atoms with van der Waals surface area (Å²) >= 11 is 12.4. The lowest BCUT2D eigenvalue weighted by Gasteiger charge is -2.33. The molecule has 0 aliphatic carbocycles. The lowest BCUT2D eigenvalue weighted by atomic mass is 10.0. The van der Waals surface area contributed by atoms with Crippen LogP contribution in [0, 0.1) is 5.92 Å². The highest BCUT2D eigenvalue weighted by atomic mass is 35.5. The first kappa shape index (κ1) is 33.4. The molecule has 7 nitrogen and oxygen atoms in total. The first-order valence-electron chi connectivity index (χ1n) is 14.0. The van der Waals surface area contributed by atoms with Crippen LogP contribution >= 0.6 is 23.2 Å². The van der Waals surface area contributed by atoms with E-state index < -0.39 is 28.5 Å². The molecule has 0 saturated carbocycles. The van der Waals surface area contributed by atoms with Crippen molar-refractivity contribution in [3.8, 4) is 0 Å². The van der Waals surface area contributed by atoms with E-state index in [1.54, 1.807) is 48.5 Å². The van der Waals surface area contributed by atoms with Crippen molar-refractivity contribution in [3.05, 3.63) is 94.0 Å². The summed E-state index contributed by atoms with van der Waals surface area (Å²) in [6, 6.07) is 19.3. The first-order valence-corrected chi connectivity index (χ1v) is 16.2. The molecule has 0 aromatic heterocycles. The zero-order valence-electron chi connectivity index (χ0n) is 24.7. The predicted molar refractivity (Wildman–Crippen MR) is 170 cm³/mol. The zero-order chi connectivity index (χ0) is 31.0. The van der Waals surface area contributed by atoms with Crippen molar-refractivity contribution >= 4 is 50.7 Å². The molecule has 1 N–H and O–H groups in total. The highest BCUT2D eigenvalue weighted by Gasteiger charge is 2.33. The number of nitrogens with zero attached hydrogens (tertiary/aromatic N) is 2. The number of halogens is 2. The lowest BCUT2D eigenvalue weighted by molar-refractivity contribution is -0.140. The molecule has 0 aliphatic heterocycles. The van der Waals surface area contributed by atoms with Gasteiger partial charge in [0.05, 0.1) is 20.6 Å². The van der Waals surface area contributed by atoms with E-state index in [1.807, 2.05) is 46.8 Å². The highest BCUT2D eigenvalue weighted by Crippen LogP contribution is 2.28. The number of rotatable bonds is 13. The van der Waals surface area contributed by atoms with Gasteiger partial charge in [0, 0.05) is 13.1 Å². The topological polar surface area (TPSA) is 86.8 Å². The van der Waals surface area contributed by atoms with Gasteiger partial charge in [0.2, 0.25) is 11.8 Å². The van der Waals surface area contributed by atoms with Gasteiger partial charge in [-0.2, -0.15) is 0 Å². The monoisotopic (exact) mass is 631 g/mol. The van der Waals surface area contributed by atoms with Gasteiger partial charge in [-0.25, -0.2) is 8.42 Å². The van der Waals surface area contributed by atoms with E-state index in [0.717, 1.165) is 9.87 Å². The summed E-state index contributed by atoms with van der Waals surface area (Å²) in [4.78, 5) is 29.0. The summed E-state index contributed by atoms with van der Waals surface area (Å²) < 4.78 is 29.0. The molecule has 0 heterocycles. The minimum atomic E-state index is -4.13. The third-order valence-corrected chi connectivity index (χ3v) is 9.39. The van der Waals surface area contributed by atoms with Crippen molar-refractivity contribution in [1.29, 1.82) is 0 Å². The standard InChI is InChI=1S/C32H39Cl2N3O4S/c1-6-30(32(39)35-19-22(2)3)36(20-24-12-17-28(33)29(34)18-24)31(38)21-37(26-15-13-25(14-16-26)23(4)5)42(40,41)27-10-8-7-9-11-27/h7-18,22-23,30H,6,19-21H2,1-5H3,(H,35,39)/t30-/m0/s1. The van der Waals surface area contributed by atoms with E-state index in [-0.39, 0.29) is 29.2 Å². The largest absolute Gasteiger partial charge is 0.354 e. The van der Waals surface area contributed by atoms with Crippen LogP contribution in [0.15, 0.2) is 77.7 Å². The van der Waals surface area contributed by atoms with Crippen molar-refractivity contribution in [2.75, 3.05) is 17.4 Å². The smallest absolute Gasteiger partial charge is 0.264 e.